The van der Waals surface area contributed by atoms with Crippen molar-refractivity contribution in [1.29, 1.82) is 0 Å². The summed E-state index contributed by atoms with van der Waals surface area (Å²) in [6.45, 7) is 0.131. The lowest BCUT2D eigenvalue weighted by Gasteiger charge is -2.12. The van der Waals surface area contributed by atoms with Gasteiger partial charge in [0.25, 0.3) is 5.56 Å². The van der Waals surface area contributed by atoms with Crippen LogP contribution in [0.4, 0.5) is 8.78 Å². The Bertz CT molecular complexity index is 1080. The summed E-state index contributed by atoms with van der Waals surface area (Å²) >= 11 is 3.21. The lowest BCUT2D eigenvalue weighted by molar-refractivity contribution is 0.100. The summed E-state index contributed by atoms with van der Waals surface area (Å²) in [4.78, 5) is 23.6. The highest BCUT2D eigenvalue weighted by atomic mass is 79.9. The van der Waals surface area contributed by atoms with E-state index in [9.17, 15) is 18.4 Å². The normalized spacial score (nSPS) is 10.7. The van der Waals surface area contributed by atoms with E-state index in [1.165, 1.54) is 10.6 Å². The number of amides is 1. The molecule has 0 saturated carbocycles. The van der Waals surface area contributed by atoms with Crippen LogP contribution in [-0.4, -0.2) is 10.5 Å². The standard InChI is InChI=1S/C20H15BrF2N2O3/c21-18-17(28-11-14-5-6-15(22)9-16(14)23)7-8-25(20(18)27)10-12-1-3-13(4-2-12)19(24)26/h1-9H,10-11H2,(H2,24,26). The van der Waals surface area contributed by atoms with Gasteiger partial charge in [0.15, 0.2) is 0 Å². The van der Waals surface area contributed by atoms with E-state index in [2.05, 4.69) is 15.9 Å². The molecular formula is C20H15BrF2N2O3. The number of hydrogen-bond acceptors (Lipinski definition) is 3. The first-order valence-corrected chi connectivity index (χ1v) is 8.99. The van der Waals surface area contributed by atoms with E-state index < -0.39 is 17.5 Å². The van der Waals surface area contributed by atoms with E-state index in [1.54, 1.807) is 36.5 Å². The van der Waals surface area contributed by atoms with Crippen LogP contribution < -0.4 is 16.0 Å². The number of nitrogens with two attached hydrogens (primary N) is 1. The second-order valence-corrected chi connectivity index (χ2v) is 6.81. The second kappa shape index (κ2) is 8.35. The number of nitrogens with zero attached hydrogens (tertiary/aromatic N) is 1. The smallest absolute Gasteiger partial charge is 0.268 e. The molecule has 0 aliphatic carbocycles. The number of pyridine rings is 1. The van der Waals surface area contributed by atoms with Crippen molar-refractivity contribution >= 4 is 21.8 Å². The van der Waals surface area contributed by atoms with Crippen molar-refractivity contribution in [3.63, 3.8) is 0 Å². The van der Waals surface area contributed by atoms with Gasteiger partial charge in [-0.25, -0.2) is 8.78 Å². The summed E-state index contributed by atoms with van der Waals surface area (Å²) in [5.41, 5.74) is 6.23. The summed E-state index contributed by atoms with van der Waals surface area (Å²) < 4.78 is 33.8. The molecule has 28 heavy (non-hydrogen) atoms. The molecule has 0 fully saturated rings. The molecule has 1 heterocycles. The highest BCUT2D eigenvalue weighted by Gasteiger charge is 2.11. The van der Waals surface area contributed by atoms with Gasteiger partial charge in [-0.1, -0.05) is 12.1 Å². The number of benzene rings is 2. The van der Waals surface area contributed by atoms with Gasteiger partial charge in [-0.3, -0.25) is 9.59 Å². The number of carbonyl (C=O) groups is 1. The monoisotopic (exact) mass is 448 g/mol. The Labute approximate surface area is 167 Å². The molecule has 0 aliphatic heterocycles. The van der Waals surface area contributed by atoms with Crippen LogP contribution in [-0.2, 0) is 13.2 Å². The van der Waals surface area contributed by atoms with E-state index in [4.69, 9.17) is 10.5 Å². The van der Waals surface area contributed by atoms with Crippen LogP contribution in [0.15, 0.2) is 64.0 Å². The highest BCUT2D eigenvalue weighted by Crippen LogP contribution is 2.22. The maximum absolute atomic E-state index is 13.7. The van der Waals surface area contributed by atoms with Gasteiger partial charge in [0, 0.05) is 23.4 Å². The van der Waals surface area contributed by atoms with Crippen LogP contribution in [0, 0.1) is 11.6 Å². The first-order valence-electron chi connectivity index (χ1n) is 8.19. The van der Waals surface area contributed by atoms with Crippen LogP contribution in [0.25, 0.3) is 0 Å². The van der Waals surface area contributed by atoms with E-state index in [1.807, 2.05) is 0 Å². The Morgan fingerprint density at radius 2 is 1.82 bits per heavy atom. The summed E-state index contributed by atoms with van der Waals surface area (Å²) in [5, 5.41) is 0. The number of ether oxygens (including phenoxy) is 1. The molecular weight excluding hydrogens is 434 g/mol. The Hall–Kier alpha value is -3.00. The molecule has 5 nitrogen and oxygen atoms in total. The Morgan fingerprint density at radius 1 is 1.11 bits per heavy atom. The first kappa shape index (κ1) is 19.8. The molecule has 0 bridgehead atoms. The van der Waals surface area contributed by atoms with Crippen molar-refractivity contribution in [2.24, 2.45) is 5.73 Å². The van der Waals surface area contributed by atoms with Crippen LogP contribution >= 0.6 is 15.9 Å². The number of primary amides is 1. The predicted molar refractivity (Wildman–Crippen MR) is 103 cm³/mol. The first-order chi connectivity index (χ1) is 13.3. The minimum Gasteiger partial charge on any atom is -0.487 e. The number of carbonyl (C=O) groups excluding carboxylic acids is 1. The van der Waals surface area contributed by atoms with Crippen LogP contribution in [0.5, 0.6) is 5.75 Å². The molecule has 0 aliphatic rings. The minimum absolute atomic E-state index is 0.150. The number of rotatable bonds is 6. The molecule has 2 N–H and O–H groups in total. The highest BCUT2D eigenvalue weighted by molar-refractivity contribution is 9.10. The lowest BCUT2D eigenvalue weighted by atomic mass is 10.1. The third-order valence-electron chi connectivity index (χ3n) is 4.06. The van der Waals surface area contributed by atoms with Gasteiger partial charge in [0.05, 0.1) is 6.54 Å². The van der Waals surface area contributed by atoms with Crippen molar-refractivity contribution < 1.29 is 18.3 Å². The van der Waals surface area contributed by atoms with Gasteiger partial charge in [-0.2, -0.15) is 0 Å². The van der Waals surface area contributed by atoms with Crippen molar-refractivity contribution in [2.45, 2.75) is 13.2 Å². The van der Waals surface area contributed by atoms with Gasteiger partial charge in [-0.05, 0) is 51.8 Å². The van der Waals surface area contributed by atoms with Gasteiger partial charge >= 0.3 is 0 Å². The van der Waals surface area contributed by atoms with Crippen molar-refractivity contribution in [3.8, 4) is 5.75 Å². The SMILES string of the molecule is NC(=O)c1ccc(Cn2ccc(OCc3ccc(F)cc3F)c(Br)c2=O)cc1. The fourth-order valence-corrected chi connectivity index (χ4v) is 3.01. The minimum atomic E-state index is -0.719. The van der Waals surface area contributed by atoms with Crippen LogP contribution in [0.3, 0.4) is 0 Å². The summed E-state index contributed by atoms with van der Waals surface area (Å²) in [6.07, 6.45) is 1.55. The van der Waals surface area contributed by atoms with E-state index in [0.717, 1.165) is 17.7 Å². The molecule has 2 aromatic carbocycles. The molecule has 0 radical (unpaired) electrons. The fourth-order valence-electron chi connectivity index (χ4n) is 2.53. The molecule has 3 rings (SSSR count). The van der Waals surface area contributed by atoms with Crippen molar-refractivity contribution in [1.82, 2.24) is 4.57 Å². The maximum Gasteiger partial charge on any atom is 0.268 e. The second-order valence-electron chi connectivity index (χ2n) is 6.01. The maximum atomic E-state index is 13.7. The molecule has 1 amide bonds. The third-order valence-corrected chi connectivity index (χ3v) is 4.79. The van der Waals surface area contributed by atoms with Crippen molar-refractivity contribution in [3.05, 3.63) is 97.9 Å². The quantitative estimate of drug-likeness (QED) is 0.625. The zero-order valence-corrected chi connectivity index (χ0v) is 16.1. The molecule has 1 aromatic heterocycles. The van der Waals surface area contributed by atoms with Crippen LogP contribution in [0.1, 0.15) is 21.5 Å². The van der Waals surface area contributed by atoms with Crippen molar-refractivity contribution in [2.75, 3.05) is 0 Å². The third kappa shape index (κ3) is 4.45. The summed E-state index contributed by atoms with van der Waals surface area (Å²) in [7, 11) is 0. The Morgan fingerprint density at radius 3 is 2.46 bits per heavy atom. The average molecular weight is 449 g/mol. The zero-order chi connectivity index (χ0) is 20.3. The summed E-state index contributed by atoms with van der Waals surface area (Å²) in [5.74, 6) is -1.67. The molecule has 0 atom stereocenters. The van der Waals surface area contributed by atoms with Gasteiger partial charge in [0.2, 0.25) is 5.91 Å². The largest absolute Gasteiger partial charge is 0.487 e. The number of halogens is 3. The van der Waals surface area contributed by atoms with Gasteiger partial charge < -0.3 is 15.0 Å². The van der Waals surface area contributed by atoms with E-state index in [-0.39, 0.29) is 34.5 Å². The van der Waals surface area contributed by atoms with Crippen LogP contribution in [0.2, 0.25) is 0 Å². The summed E-state index contributed by atoms with van der Waals surface area (Å²) in [6, 6.07) is 11.4. The number of hydrogen-bond donors (Lipinski definition) is 1. The molecule has 8 heteroatoms. The molecule has 0 saturated heterocycles. The lowest BCUT2D eigenvalue weighted by Crippen LogP contribution is -2.21. The van der Waals surface area contributed by atoms with Gasteiger partial charge in [0.1, 0.15) is 28.5 Å². The van der Waals surface area contributed by atoms with E-state index >= 15 is 0 Å². The molecule has 144 valence electrons. The fraction of sp³-hybridized carbons (Fsp3) is 0.100. The average Bonchev–Trinajstić information content (AvgIpc) is 2.66. The molecule has 0 unspecified atom stereocenters. The number of aromatic nitrogens is 1. The predicted octanol–water partition coefficient (Wildman–Crippen LogP) is 3.62. The molecule has 0 spiro atoms. The zero-order valence-electron chi connectivity index (χ0n) is 14.5. The Kier molecular flexibility index (Phi) is 5.89. The Balaban J connectivity index is 1.75. The van der Waals surface area contributed by atoms with Gasteiger partial charge in [-0.15, -0.1) is 0 Å². The molecule has 3 aromatic rings. The van der Waals surface area contributed by atoms with E-state index in [0.29, 0.717) is 5.56 Å². The topological polar surface area (TPSA) is 74.3 Å².